The van der Waals surface area contributed by atoms with E-state index in [1.54, 1.807) is 0 Å². The minimum atomic E-state index is -0.150. The molecule has 0 unspecified atom stereocenters. The number of hydrogen-bond acceptors (Lipinski definition) is 0. The molecule has 2 heteroatoms. The Labute approximate surface area is 85.1 Å². The van der Waals surface area contributed by atoms with Crippen LogP contribution in [0.5, 0.6) is 0 Å². The predicted molar refractivity (Wildman–Crippen MR) is 56.0 cm³/mol. The fourth-order valence-corrected chi connectivity index (χ4v) is 1.74. The molecular formula is C11H8BrO. The van der Waals surface area contributed by atoms with Gasteiger partial charge in [-0.25, -0.2) is 5.11 Å². The monoisotopic (exact) mass is 235 g/mol. The van der Waals surface area contributed by atoms with Crippen LogP contribution in [0.15, 0.2) is 40.9 Å². The Morgan fingerprint density at radius 2 is 1.77 bits per heavy atom. The fraction of sp³-hybridized carbons (Fsp3) is 0.0909. The minimum Gasteiger partial charge on any atom is -0.232 e. The maximum atomic E-state index is 10.6. The van der Waals surface area contributed by atoms with Crippen molar-refractivity contribution in [2.24, 2.45) is 0 Å². The zero-order chi connectivity index (χ0) is 9.26. The quantitative estimate of drug-likeness (QED) is 0.721. The fourth-order valence-electron chi connectivity index (χ4n) is 1.36. The summed E-state index contributed by atoms with van der Waals surface area (Å²) < 4.78 is 1.04. The minimum absolute atomic E-state index is 0.150. The van der Waals surface area contributed by atoms with Gasteiger partial charge in [-0.3, -0.25) is 0 Å². The van der Waals surface area contributed by atoms with Crippen molar-refractivity contribution >= 4 is 26.7 Å². The van der Waals surface area contributed by atoms with Gasteiger partial charge in [-0.2, -0.15) is 0 Å². The molecule has 0 saturated heterocycles. The molecule has 65 valence electrons. The zero-order valence-electron chi connectivity index (χ0n) is 6.96. The Bertz CT molecular complexity index is 437. The predicted octanol–water partition coefficient (Wildman–Crippen LogP) is 3.53. The third-order valence-corrected chi connectivity index (χ3v) is 2.53. The summed E-state index contributed by atoms with van der Waals surface area (Å²) in [4.78, 5) is 0. The number of halogens is 1. The van der Waals surface area contributed by atoms with E-state index in [-0.39, 0.29) is 6.61 Å². The molecule has 2 rings (SSSR count). The second kappa shape index (κ2) is 3.48. The molecule has 13 heavy (non-hydrogen) atoms. The molecule has 0 aromatic heterocycles. The molecule has 0 bridgehead atoms. The first-order chi connectivity index (χ1) is 6.29. The Kier molecular flexibility index (Phi) is 2.34. The van der Waals surface area contributed by atoms with Crippen LogP contribution in [-0.4, -0.2) is 0 Å². The third kappa shape index (κ3) is 1.74. The molecule has 0 atom stereocenters. The Morgan fingerprint density at radius 1 is 1.00 bits per heavy atom. The van der Waals surface area contributed by atoms with Gasteiger partial charge < -0.3 is 0 Å². The van der Waals surface area contributed by atoms with Gasteiger partial charge in [0.05, 0.1) is 0 Å². The van der Waals surface area contributed by atoms with Crippen LogP contribution in [0.4, 0.5) is 0 Å². The SMILES string of the molecule is [O]Cc1ccc2ccc(Br)cc2c1. The lowest BCUT2D eigenvalue weighted by Gasteiger charge is -2.00. The highest BCUT2D eigenvalue weighted by molar-refractivity contribution is 9.10. The summed E-state index contributed by atoms with van der Waals surface area (Å²) in [5, 5.41) is 12.9. The lowest BCUT2D eigenvalue weighted by molar-refractivity contribution is 0.177. The lowest BCUT2D eigenvalue weighted by atomic mass is 10.1. The van der Waals surface area contributed by atoms with Gasteiger partial charge in [0.2, 0.25) is 0 Å². The van der Waals surface area contributed by atoms with Crippen molar-refractivity contribution in [1.82, 2.24) is 0 Å². The smallest absolute Gasteiger partial charge is 0.107 e. The second-order valence-electron chi connectivity index (χ2n) is 2.97. The summed E-state index contributed by atoms with van der Waals surface area (Å²) >= 11 is 3.40. The van der Waals surface area contributed by atoms with E-state index in [0.717, 1.165) is 15.4 Å². The van der Waals surface area contributed by atoms with E-state index in [2.05, 4.69) is 15.9 Å². The molecule has 1 nitrogen and oxygen atoms in total. The van der Waals surface area contributed by atoms with Crippen LogP contribution in [-0.2, 0) is 11.7 Å². The molecule has 0 amide bonds. The van der Waals surface area contributed by atoms with Gasteiger partial charge >= 0.3 is 0 Å². The lowest BCUT2D eigenvalue weighted by Crippen LogP contribution is -1.81. The summed E-state index contributed by atoms with van der Waals surface area (Å²) in [6.45, 7) is -0.150. The summed E-state index contributed by atoms with van der Waals surface area (Å²) in [6, 6.07) is 11.9. The number of hydrogen-bond donors (Lipinski definition) is 0. The molecular weight excluding hydrogens is 228 g/mol. The molecule has 0 aliphatic heterocycles. The first kappa shape index (κ1) is 8.73. The van der Waals surface area contributed by atoms with Crippen molar-refractivity contribution in [1.29, 1.82) is 0 Å². The average molecular weight is 236 g/mol. The van der Waals surface area contributed by atoms with Gasteiger partial charge in [-0.1, -0.05) is 34.1 Å². The number of fused-ring (bicyclic) bond motifs is 1. The van der Waals surface area contributed by atoms with Gasteiger partial charge in [0.1, 0.15) is 6.61 Å². The number of benzene rings is 2. The zero-order valence-corrected chi connectivity index (χ0v) is 8.54. The van der Waals surface area contributed by atoms with Crippen LogP contribution in [0.25, 0.3) is 10.8 Å². The van der Waals surface area contributed by atoms with E-state index >= 15 is 0 Å². The van der Waals surface area contributed by atoms with Crippen molar-refractivity contribution in [3.63, 3.8) is 0 Å². The van der Waals surface area contributed by atoms with Crippen LogP contribution < -0.4 is 0 Å². The molecule has 0 aliphatic rings. The third-order valence-electron chi connectivity index (χ3n) is 2.03. The summed E-state index contributed by atoms with van der Waals surface area (Å²) in [5.74, 6) is 0. The highest BCUT2D eigenvalue weighted by Gasteiger charge is 1.96. The Balaban J connectivity index is 2.68. The van der Waals surface area contributed by atoms with Crippen LogP contribution in [0.2, 0.25) is 0 Å². The maximum Gasteiger partial charge on any atom is 0.107 e. The normalized spacial score (nSPS) is 10.6. The van der Waals surface area contributed by atoms with Gasteiger partial charge in [-0.05, 0) is 34.5 Å². The van der Waals surface area contributed by atoms with Gasteiger partial charge in [0.25, 0.3) is 0 Å². The van der Waals surface area contributed by atoms with Crippen molar-refractivity contribution in [2.75, 3.05) is 0 Å². The van der Waals surface area contributed by atoms with Crippen molar-refractivity contribution in [3.8, 4) is 0 Å². The van der Waals surface area contributed by atoms with E-state index in [0.29, 0.717) is 0 Å². The first-order valence-electron chi connectivity index (χ1n) is 4.06. The van der Waals surface area contributed by atoms with Crippen LogP contribution in [0.3, 0.4) is 0 Å². The standard InChI is InChI=1S/C11H8BrO/c12-11-4-3-9-2-1-8(7-13)5-10(9)6-11/h1-6H,7H2. The largest absolute Gasteiger partial charge is 0.232 e. The van der Waals surface area contributed by atoms with Crippen molar-refractivity contribution in [3.05, 3.63) is 46.4 Å². The molecule has 2 aromatic carbocycles. The molecule has 1 radical (unpaired) electrons. The van der Waals surface area contributed by atoms with Crippen LogP contribution in [0.1, 0.15) is 5.56 Å². The number of rotatable bonds is 1. The van der Waals surface area contributed by atoms with Crippen LogP contribution in [0, 0.1) is 0 Å². The molecule has 0 fully saturated rings. The second-order valence-corrected chi connectivity index (χ2v) is 3.89. The summed E-state index contributed by atoms with van der Waals surface area (Å²) in [7, 11) is 0. The van der Waals surface area contributed by atoms with Gasteiger partial charge in [0, 0.05) is 4.47 Å². The highest BCUT2D eigenvalue weighted by atomic mass is 79.9. The van der Waals surface area contributed by atoms with E-state index in [1.807, 2.05) is 36.4 Å². The van der Waals surface area contributed by atoms with Crippen LogP contribution >= 0.6 is 15.9 Å². The average Bonchev–Trinajstić information content (AvgIpc) is 2.16. The molecule has 2 aromatic rings. The Hall–Kier alpha value is -0.860. The maximum absolute atomic E-state index is 10.6. The van der Waals surface area contributed by atoms with E-state index in [9.17, 15) is 5.11 Å². The van der Waals surface area contributed by atoms with Crippen molar-refractivity contribution < 1.29 is 5.11 Å². The molecule has 0 heterocycles. The van der Waals surface area contributed by atoms with E-state index in [4.69, 9.17) is 0 Å². The summed E-state index contributed by atoms with van der Waals surface area (Å²) in [6.07, 6.45) is 0. The van der Waals surface area contributed by atoms with Gasteiger partial charge in [0.15, 0.2) is 0 Å². The topological polar surface area (TPSA) is 19.9 Å². The molecule has 0 N–H and O–H groups in total. The van der Waals surface area contributed by atoms with E-state index in [1.165, 1.54) is 5.39 Å². The van der Waals surface area contributed by atoms with E-state index < -0.39 is 0 Å². The Morgan fingerprint density at radius 3 is 2.54 bits per heavy atom. The van der Waals surface area contributed by atoms with Gasteiger partial charge in [-0.15, -0.1) is 0 Å². The molecule has 0 aliphatic carbocycles. The summed E-state index contributed by atoms with van der Waals surface area (Å²) in [5.41, 5.74) is 0.839. The first-order valence-corrected chi connectivity index (χ1v) is 4.85. The highest BCUT2D eigenvalue weighted by Crippen LogP contribution is 2.20. The molecule has 0 saturated carbocycles. The van der Waals surface area contributed by atoms with Crippen molar-refractivity contribution in [2.45, 2.75) is 6.61 Å². The molecule has 0 spiro atoms.